The quantitative estimate of drug-likeness (QED) is 0.488. The molecule has 4 atom stereocenters. The third-order valence-corrected chi connectivity index (χ3v) is 3.81. The molecule has 3 rings (SSSR count). The Morgan fingerprint density at radius 1 is 1.24 bits per heavy atom. The van der Waals surface area contributed by atoms with Crippen LogP contribution in [0, 0.1) is 0 Å². The molecule has 114 valence electrons. The maximum Gasteiger partial charge on any atom is 0.203 e. The fourth-order valence-corrected chi connectivity index (χ4v) is 2.60. The first-order chi connectivity index (χ1) is 10.2. The highest BCUT2D eigenvalue weighted by atomic mass is 32.2. The van der Waals surface area contributed by atoms with E-state index < -0.39 is 31.5 Å². The Hall–Kier alpha value is -1.30. The Morgan fingerprint density at radius 2 is 2.05 bits per heavy atom. The number of aliphatic hydroxyl groups is 3. The first-order valence-electron chi connectivity index (χ1n) is 6.15. The van der Waals surface area contributed by atoms with Crippen LogP contribution in [0.2, 0.25) is 0 Å². The summed E-state index contributed by atoms with van der Waals surface area (Å²) in [5.41, 5.74) is 1.04. The van der Waals surface area contributed by atoms with E-state index >= 15 is 0 Å². The molecule has 0 amide bonds. The predicted molar refractivity (Wildman–Crippen MR) is 71.2 cm³/mol. The van der Waals surface area contributed by atoms with Crippen molar-refractivity contribution in [2.75, 3.05) is 12.9 Å². The topological polar surface area (TPSA) is 123 Å². The number of fused-ring (bicyclic) bond motifs is 1. The van der Waals surface area contributed by atoms with Crippen LogP contribution in [-0.4, -0.2) is 66.4 Å². The average molecular weight is 314 g/mol. The summed E-state index contributed by atoms with van der Waals surface area (Å²) in [5.74, 6) is 0. The number of ether oxygens (including phenoxy) is 2. The molecule has 0 aliphatic carbocycles. The van der Waals surface area contributed by atoms with Crippen molar-refractivity contribution in [1.29, 1.82) is 0 Å². The molecule has 3 N–H and O–H groups in total. The summed E-state index contributed by atoms with van der Waals surface area (Å²) in [6, 6.07) is 0. The van der Waals surface area contributed by atoms with Gasteiger partial charge in [-0.1, -0.05) is 0 Å². The molecule has 0 spiro atoms. The zero-order chi connectivity index (χ0) is 15.0. The highest BCUT2D eigenvalue weighted by Crippen LogP contribution is 2.29. The molecule has 1 saturated heterocycles. The lowest BCUT2D eigenvalue weighted by atomic mass is 10.3. The molecule has 1 aliphatic rings. The van der Waals surface area contributed by atoms with Gasteiger partial charge < -0.3 is 24.8 Å². The molecular weight excluding hydrogens is 300 g/mol. The second kappa shape index (κ2) is 5.83. The van der Waals surface area contributed by atoms with Gasteiger partial charge >= 0.3 is 0 Å². The van der Waals surface area contributed by atoms with Crippen molar-refractivity contribution in [3.05, 3.63) is 12.7 Å². The minimum absolute atomic E-state index is 0.442. The zero-order valence-electron chi connectivity index (χ0n) is 11.0. The molecule has 0 aromatic carbocycles. The van der Waals surface area contributed by atoms with E-state index in [-0.39, 0.29) is 0 Å². The Kier molecular flexibility index (Phi) is 4.06. The van der Waals surface area contributed by atoms with E-state index in [9.17, 15) is 10.2 Å². The fraction of sp³-hybridized carbons (Fsp3) is 0.545. The van der Waals surface area contributed by atoms with Crippen molar-refractivity contribution in [1.82, 2.24) is 19.5 Å². The van der Waals surface area contributed by atoms with Gasteiger partial charge in [-0.2, -0.15) is 0 Å². The lowest BCUT2D eigenvalue weighted by molar-refractivity contribution is -0.355. The largest absolute Gasteiger partial charge is 0.393 e. The summed E-state index contributed by atoms with van der Waals surface area (Å²) in [6.45, 7) is -0.442. The molecule has 9 nitrogen and oxygen atoms in total. The van der Waals surface area contributed by atoms with Gasteiger partial charge in [-0.15, -0.1) is 11.8 Å². The smallest absolute Gasteiger partial charge is 0.203 e. The van der Waals surface area contributed by atoms with Crippen LogP contribution in [0.25, 0.3) is 11.2 Å². The van der Waals surface area contributed by atoms with Crippen LogP contribution in [0.1, 0.15) is 6.23 Å². The van der Waals surface area contributed by atoms with E-state index in [1.165, 1.54) is 29.0 Å². The maximum absolute atomic E-state index is 9.92. The highest BCUT2D eigenvalue weighted by molar-refractivity contribution is 7.98. The van der Waals surface area contributed by atoms with Crippen LogP contribution < -0.4 is 0 Å². The van der Waals surface area contributed by atoms with Crippen molar-refractivity contribution >= 4 is 22.9 Å². The highest BCUT2D eigenvalue weighted by Gasteiger charge is 2.38. The second-order valence-electron chi connectivity index (χ2n) is 4.37. The van der Waals surface area contributed by atoms with Gasteiger partial charge in [0.25, 0.3) is 0 Å². The van der Waals surface area contributed by atoms with Gasteiger partial charge in [-0.05, 0) is 6.26 Å². The summed E-state index contributed by atoms with van der Waals surface area (Å²) in [6.07, 6.45) is -0.0322. The summed E-state index contributed by atoms with van der Waals surface area (Å²) in [4.78, 5) is 12.5. The Morgan fingerprint density at radius 3 is 2.76 bits per heavy atom. The lowest BCUT2D eigenvalue weighted by Crippen LogP contribution is -2.48. The van der Waals surface area contributed by atoms with E-state index in [4.69, 9.17) is 14.6 Å². The predicted octanol–water partition coefficient (Wildman–Crippen LogP) is -0.909. The van der Waals surface area contributed by atoms with E-state index in [0.717, 1.165) is 0 Å². The molecule has 21 heavy (non-hydrogen) atoms. The Bertz CT molecular complexity index is 638. The van der Waals surface area contributed by atoms with Crippen molar-refractivity contribution in [3.8, 4) is 0 Å². The number of hydrogen-bond acceptors (Lipinski definition) is 9. The molecule has 0 bridgehead atoms. The molecule has 1 fully saturated rings. The van der Waals surface area contributed by atoms with Crippen molar-refractivity contribution in [2.45, 2.75) is 29.9 Å². The molecular formula is C11H14N4O5S. The van der Waals surface area contributed by atoms with Crippen molar-refractivity contribution < 1.29 is 24.8 Å². The Balaban J connectivity index is 2.00. The van der Waals surface area contributed by atoms with Crippen LogP contribution >= 0.6 is 11.8 Å². The molecule has 0 saturated carbocycles. The van der Waals surface area contributed by atoms with Gasteiger partial charge in [0.15, 0.2) is 18.2 Å². The van der Waals surface area contributed by atoms with Crippen LogP contribution in [-0.2, 0) is 9.47 Å². The van der Waals surface area contributed by atoms with Crippen molar-refractivity contribution in [2.24, 2.45) is 0 Å². The van der Waals surface area contributed by atoms with Crippen LogP contribution in [0.4, 0.5) is 0 Å². The van der Waals surface area contributed by atoms with Gasteiger partial charge in [0.1, 0.15) is 23.0 Å². The van der Waals surface area contributed by atoms with Gasteiger partial charge in [-0.25, -0.2) is 15.0 Å². The molecule has 0 unspecified atom stereocenters. The number of hydrogen-bond donors (Lipinski definition) is 3. The normalized spacial score (nSPS) is 29.9. The van der Waals surface area contributed by atoms with E-state index in [0.29, 0.717) is 16.2 Å². The van der Waals surface area contributed by atoms with E-state index in [1.807, 2.05) is 6.26 Å². The first kappa shape index (κ1) is 14.6. The molecule has 2 aromatic rings. The minimum atomic E-state index is -1.41. The molecule has 2 aromatic heterocycles. The minimum Gasteiger partial charge on any atom is -0.393 e. The number of rotatable bonds is 3. The van der Waals surface area contributed by atoms with Crippen LogP contribution in [0.3, 0.4) is 0 Å². The summed E-state index contributed by atoms with van der Waals surface area (Å²) in [7, 11) is 0. The summed E-state index contributed by atoms with van der Waals surface area (Å²) < 4.78 is 11.9. The molecule has 10 heteroatoms. The summed E-state index contributed by atoms with van der Waals surface area (Å²) in [5, 5.41) is 29.3. The standard InChI is InChI=1S/C11H14N4O5S/c1-21-8-6-7(12-3-13-8)15(4-14-6)9-11(18)20-10(17)5(2-16)19-9/h3-5,9-11,16-18H,2H2,1H3/t5-,9+,10-,11-/m0/s1. The number of imidazole rings is 1. The van der Waals surface area contributed by atoms with Crippen LogP contribution in [0.5, 0.6) is 0 Å². The van der Waals surface area contributed by atoms with Gasteiger partial charge in [0, 0.05) is 0 Å². The SMILES string of the molecule is CSc1ncnc2c1ncn2[C@@H]1O[C@@H](CO)[C@@H](O)O[C@@H]1O. The molecule has 1 aliphatic heterocycles. The maximum atomic E-state index is 9.92. The van der Waals surface area contributed by atoms with E-state index in [1.54, 1.807) is 0 Å². The van der Waals surface area contributed by atoms with Gasteiger partial charge in [0.05, 0.1) is 12.9 Å². The van der Waals surface area contributed by atoms with Gasteiger partial charge in [0.2, 0.25) is 6.29 Å². The summed E-state index contributed by atoms with van der Waals surface area (Å²) >= 11 is 1.42. The number of nitrogens with zero attached hydrogens (tertiary/aromatic N) is 4. The molecule has 0 radical (unpaired) electrons. The first-order valence-corrected chi connectivity index (χ1v) is 7.37. The fourth-order valence-electron chi connectivity index (χ4n) is 2.11. The third-order valence-electron chi connectivity index (χ3n) is 3.13. The monoisotopic (exact) mass is 314 g/mol. The Labute approximate surface area is 123 Å². The van der Waals surface area contributed by atoms with Crippen LogP contribution in [0.15, 0.2) is 17.7 Å². The number of aromatic nitrogens is 4. The lowest BCUT2D eigenvalue weighted by Gasteiger charge is -2.36. The third kappa shape index (κ3) is 2.50. The van der Waals surface area contributed by atoms with E-state index in [2.05, 4.69) is 15.0 Å². The number of thioether (sulfide) groups is 1. The second-order valence-corrected chi connectivity index (χ2v) is 5.17. The van der Waals surface area contributed by atoms with Gasteiger partial charge in [-0.3, -0.25) is 4.57 Å². The van der Waals surface area contributed by atoms with Crippen molar-refractivity contribution in [3.63, 3.8) is 0 Å². The number of aliphatic hydroxyl groups excluding tert-OH is 3. The average Bonchev–Trinajstić information content (AvgIpc) is 2.91. The zero-order valence-corrected chi connectivity index (χ0v) is 11.8. The molecule has 3 heterocycles.